The maximum Gasteiger partial charge on any atom is 0.265 e. The lowest BCUT2D eigenvalue weighted by atomic mass is 10.1. The Hall–Kier alpha value is -3.38. The van der Waals surface area contributed by atoms with Gasteiger partial charge in [0, 0.05) is 22.5 Å². The van der Waals surface area contributed by atoms with E-state index in [4.69, 9.17) is 16.3 Å². The van der Waals surface area contributed by atoms with Gasteiger partial charge in [-0.05, 0) is 67.9 Å². The average molecular weight is 424 g/mol. The molecule has 1 atom stereocenters. The maximum atomic E-state index is 12.5. The van der Waals surface area contributed by atoms with Crippen LogP contribution < -0.4 is 15.4 Å². The molecule has 2 aromatic carbocycles. The molecule has 7 heteroatoms. The Morgan fingerprint density at radius 1 is 1.10 bits per heavy atom. The molecule has 0 aliphatic heterocycles. The van der Waals surface area contributed by atoms with E-state index in [0.29, 0.717) is 28.6 Å². The Kier molecular flexibility index (Phi) is 7.03. The van der Waals surface area contributed by atoms with Crippen LogP contribution in [0, 0.1) is 6.92 Å². The molecular formula is C23H22ClN3O3. The van der Waals surface area contributed by atoms with Crippen molar-refractivity contribution in [3.63, 3.8) is 0 Å². The lowest BCUT2D eigenvalue weighted by molar-refractivity contribution is -0.122. The fraction of sp³-hybridized carbons (Fsp3) is 0.174. The summed E-state index contributed by atoms with van der Waals surface area (Å²) in [5, 5.41) is 6.20. The van der Waals surface area contributed by atoms with Gasteiger partial charge in [-0.15, -0.1) is 0 Å². The highest BCUT2D eigenvalue weighted by Gasteiger charge is 2.17. The van der Waals surface area contributed by atoms with Crippen LogP contribution in [0.1, 0.15) is 28.5 Å². The van der Waals surface area contributed by atoms with E-state index < -0.39 is 6.10 Å². The minimum atomic E-state index is -0.730. The van der Waals surface area contributed by atoms with Crippen LogP contribution in [0.25, 0.3) is 0 Å². The van der Waals surface area contributed by atoms with Crippen molar-refractivity contribution >= 4 is 29.1 Å². The summed E-state index contributed by atoms with van der Waals surface area (Å²) < 4.78 is 5.74. The summed E-state index contributed by atoms with van der Waals surface area (Å²) in [6, 6.07) is 17.4. The number of amides is 2. The van der Waals surface area contributed by atoms with Gasteiger partial charge < -0.3 is 15.4 Å². The fourth-order valence-electron chi connectivity index (χ4n) is 2.75. The monoisotopic (exact) mass is 423 g/mol. The molecule has 3 aromatic rings. The van der Waals surface area contributed by atoms with Gasteiger partial charge in [0.1, 0.15) is 5.75 Å². The average Bonchev–Trinajstić information content (AvgIpc) is 2.74. The van der Waals surface area contributed by atoms with Crippen LogP contribution in [0.2, 0.25) is 5.02 Å². The zero-order valence-electron chi connectivity index (χ0n) is 16.7. The van der Waals surface area contributed by atoms with Gasteiger partial charge in [-0.3, -0.25) is 14.6 Å². The zero-order valence-corrected chi connectivity index (χ0v) is 17.4. The van der Waals surface area contributed by atoms with E-state index in [1.807, 2.05) is 25.1 Å². The number of hydrogen-bond donors (Lipinski definition) is 2. The first-order valence-corrected chi connectivity index (χ1v) is 9.82. The van der Waals surface area contributed by atoms with Crippen LogP contribution in [0.4, 0.5) is 5.69 Å². The first-order chi connectivity index (χ1) is 14.4. The molecule has 0 saturated heterocycles. The molecule has 2 amide bonds. The summed E-state index contributed by atoms with van der Waals surface area (Å²) in [5.74, 6) is 0.0120. The number of benzene rings is 2. The van der Waals surface area contributed by atoms with Crippen molar-refractivity contribution in [2.24, 2.45) is 0 Å². The number of aromatic nitrogens is 1. The predicted molar refractivity (Wildman–Crippen MR) is 117 cm³/mol. The van der Waals surface area contributed by atoms with Gasteiger partial charge in [0.2, 0.25) is 0 Å². The van der Waals surface area contributed by atoms with E-state index in [9.17, 15) is 9.59 Å². The third-order valence-corrected chi connectivity index (χ3v) is 4.59. The second-order valence-corrected chi connectivity index (χ2v) is 7.18. The third-order valence-electron chi connectivity index (χ3n) is 4.36. The van der Waals surface area contributed by atoms with Gasteiger partial charge in [0.15, 0.2) is 6.10 Å². The van der Waals surface area contributed by atoms with Crippen molar-refractivity contribution < 1.29 is 14.3 Å². The number of rotatable bonds is 7. The van der Waals surface area contributed by atoms with Crippen molar-refractivity contribution in [2.75, 3.05) is 5.32 Å². The fourth-order valence-corrected chi connectivity index (χ4v) is 2.97. The molecule has 3 rings (SSSR count). The van der Waals surface area contributed by atoms with Crippen LogP contribution in [-0.2, 0) is 11.3 Å². The zero-order chi connectivity index (χ0) is 21.5. The first-order valence-electron chi connectivity index (χ1n) is 9.44. The van der Waals surface area contributed by atoms with Crippen molar-refractivity contribution in [3.05, 3.63) is 88.7 Å². The van der Waals surface area contributed by atoms with Crippen molar-refractivity contribution in [1.82, 2.24) is 10.3 Å². The van der Waals surface area contributed by atoms with E-state index >= 15 is 0 Å². The van der Waals surface area contributed by atoms with Gasteiger partial charge in [0.25, 0.3) is 11.8 Å². The Bertz CT molecular complexity index is 1040. The topological polar surface area (TPSA) is 80.3 Å². The van der Waals surface area contributed by atoms with Crippen LogP contribution in [0.5, 0.6) is 5.75 Å². The van der Waals surface area contributed by atoms with Crippen molar-refractivity contribution in [1.29, 1.82) is 0 Å². The third kappa shape index (κ3) is 5.81. The van der Waals surface area contributed by atoms with E-state index in [0.717, 1.165) is 11.3 Å². The Morgan fingerprint density at radius 3 is 2.67 bits per heavy atom. The summed E-state index contributed by atoms with van der Waals surface area (Å²) in [5.41, 5.74) is 2.55. The highest BCUT2D eigenvalue weighted by atomic mass is 35.5. The van der Waals surface area contributed by atoms with Crippen molar-refractivity contribution in [3.8, 4) is 5.75 Å². The maximum absolute atomic E-state index is 12.5. The number of pyridine rings is 1. The highest BCUT2D eigenvalue weighted by molar-refractivity contribution is 6.30. The Balaban J connectivity index is 1.59. The molecule has 0 aliphatic rings. The normalized spacial score (nSPS) is 11.4. The summed E-state index contributed by atoms with van der Waals surface area (Å²) in [6.45, 7) is 3.84. The SMILES string of the molecule is Cc1cc(Cl)ccc1OC(C)C(=O)Nc1cccc(C(=O)NCc2ccccn2)c1. The molecule has 0 aliphatic carbocycles. The van der Waals surface area contributed by atoms with Gasteiger partial charge in [-0.1, -0.05) is 23.7 Å². The quantitative estimate of drug-likeness (QED) is 0.591. The molecule has 30 heavy (non-hydrogen) atoms. The summed E-state index contributed by atoms with van der Waals surface area (Å²) in [7, 11) is 0. The number of aryl methyl sites for hydroxylation is 1. The first kappa shape index (κ1) is 21.3. The molecule has 0 radical (unpaired) electrons. The number of nitrogens with one attached hydrogen (secondary N) is 2. The molecule has 2 N–H and O–H groups in total. The molecule has 1 heterocycles. The molecule has 0 saturated carbocycles. The molecule has 1 aromatic heterocycles. The second-order valence-electron chi connectivity index (χ2n) is 6.74. The van der Waals surface area contributed by atoms with Crippen LogP contribution in [0.3, 0.4) is 0 Å². The molecule has 0 spiro atoms. The molecule has 0 fully saturated rings. The number of carbonyl (C=O) groups is 2. The van der Waals surface area contributed by atoms with E-state index in [2.05, 4.69) is 15.6 Å². The van der Waals surface area contributed by atoms with E-state index in [-0.39, 0.29) is 11.8 Å². The highest BCUT2D eigenvalue weighted by Crippen LogP contribution is 2.23. The molecular weight excluding hydrogens is 402 g/mol. The van der Waals surface area contributed by atoms with Gasteiger partial charge >= 0.3 is 0 Å². The lowest BCUT2D eigenvalue weighted by Gasteiger charge is -2.16. The Morgan fingerprint density at radius 2 is 1.93 bits per heavy atom. The van der Waals surface area contributed by atoms with Crippen molar-refractivity contribution in [2.45, 2.75) is 26.5 Å². The lowest BCUT2D eigenvalue weighted by Crippen LogP contribution is -2.30. The number of nitrogens with zero attached hydrogens (tertiary/aromatic N) is 1. The standard InChI is InChI=1S/C23H22ClN3O3/c1-15-12-18(24)9-10-21(15)30-16(2)22(28)27-19-8-5-6-17(13-19)23(29)26-14-20-7-3-4-11-25-20/h3-13,16H,14H2,1-2H3,(H,26,29)(H,27,28). The number of ether oxygens (including phenoxy) is 1. The summed E-state index contributed by atoms with van der Waals surface area (Å²) >= 11 is 5.95. The molecule has 6 nitrogen and oxygen atoms in total. The van der Waals surface area contributed by atoms with Crippen LogP contribution in [0.15, 0.2) is 66.9 Å². The molecule has 1 unspecified atom stereocenters. The van der Waals surface area contributed by atoms with Gasteiger partial charge in [-0.2, -0.15) is 0 Å². The minimum Gasteiger partial charge on any atom is -0.481 e. The van der Waals surface area contributed by atoms with Gasteiger partial charge in [-0.25, -0.2) is 0 Å². The predicted octanol–water partition coefficient (Wildman–Crippen LogP) is 4.38. The number of carbonyl (C=O) groups excluding carboxylic acids is 2. The molecule has 0 bridgehead atoms. The number of anilines is 1. The summed E-state index contributed by atoms with van der Waals surface area (Å²) in [6.07, 6.45) is 0.943. The number of hydrogen-bond acceptors (Lipinski definition) is 4. The number of halogens is 1. The summed E-state index contributed by atoms with van der Waals surface area (Å²) in [4.78, 5) is 29.1. The smallest absolute Gasteiger partial charge is 0.265 e. The minimum absolute atomic E-state index is 0.252. The van der Waals surface area contributed by atoms with Crippen LogP contribution in [-0.4, -0.2) is 22.9 Å². The van der Waals surface area contributed by atoms with Gasteiger partial charge in [0.05, 0.1) is 12.2 Å². The van der Waals surface area contributed by atoms with E-state index in [1.54, 1.807) is 55.6 Å². The second kappa shape index (κ2) is 9.89. The molecule has 154 valence electrons. The largest absolute Gasteiger partial charge is 0.481 e. The van der Waals surface area contributed by atoms with E-state index in [1.165, 1.54) is 0 Å². The Labute approximate surface area is 180 Å². The van der Waals surface area contributed by atoms with Crippen LogP contribution >= 0.6 is 11.6 Å².